The van der Waals surface area contributed by atoms with Gasteiger partial charge >= 0.3 is 5.69 Å². The maximum absolute atomic E-state index is 12.3. The quantitative estimate of drug-likeness (QED) is 0.417. The predicted molar refractivity (Wildman–Crippen MR) is 119 cm³/mol. The van der Waals surface area contributed by atoms with E-state index in [1.807, 2.05) is 32.0 Å². The smallest absolute Gasteiger partial charge is 0.368 e. The minimum absolute atomic E-state index is 0.180. The van der Waals surface area contributed by atoms with Crippen LogP contribution in [0.3, 0.4) is 0 Å². The second kappa shape index (κ2) is 8.43. The number of nitrogens with zero attached hydrogens (tertiary/aromatic N) is 6. The highest BCUT2D eigenvalue weighted by Gasteiger charge is 2.16. The average molecular weight is 453 g/mol. The maximum Gasteiger partial charge on any atom is 0.368 e. The number of carbonyl (C=O) groups is 1. The van der Waals surface area contributed by atoms with Gasteiger partial charge in [-0.1, -0.05) is 23.7 Å². The van der Waals surface area contributed by atoms with Crippen molar-refractivity contribution in [3.05, 3.63) is 80.0 Å². The van der Waals surface area contributed by atoms with E-state index in [4.69, 9.17) is 16.3 Å². The van der Waals surface area contributed by atoms with Gasteiger partial charge in [0.15, 0.2) is 6.29 Å². The molecule has 0 aliphatic carbocycles. The molecule has 0 saturated heterocycles. The van der Waals surface area contributed by atoms with Crippen LogP contribution in [0, 0.1) is 20.8 Å². The Morgan fingerprint density at radius 3 is 2.50 bits per heavy atom. The van der Waals surface area contributed by atoms with Gasteiger partial charge in [0.05, 0.1) is 33.3 Å². The fraction of sp³-hybridized carbons (Fsp3) is 0.227. The SMILES string of the molecule is Cc1cccc(-n2nnn(C)c2=O)c1COc1ccc(-n2nc(C)c(C=O)c2C)cc1Cl. The average Bonchev–Trinajstić information content (AvgIpc) is 3.25. The van der Waals surface area contributed by atoms with E-state index in [0.717, 1.165) is 33.5 Å². The lowest BCUT2D eigenvalue weighted by molar-refractivity contribution is 0.112. The second-order valence-electron chi connectivity index (χ2n) is 7.39. The van der Waals surface area contributed by atoms with Crippen molar-refractivity contribution in [3.63, 3.8) is 0 Å². The second-order valence-corrected chi connectivity index (χ2v) is 7.79. The highest BCUT2D eigenvalue weighted by Crippen LogP contribution is 2.29. The molecule has 4 aromatic rings. The van der Waals surface area contributed by atoms with Crippen LogP contribution in [0.5, 0.6) is 5.75 Å². The van der Waals surface area contributed by atoms with Crippen LogP contribution in [-0.2, 0) is 13.7 Å². The van der Waals surface area contributed by atoms with E-state index >= 15 is 0 Å². The van der Waals surface area contributed by atoms with E-state index in [1.54, 1.807) is 36.9 Å². The minimum Gasteiger partial charge on any atom is -0.487 e. The Morgan fingerprint density at radius 2 is 1.88 bits per heavy atom. The molecule has 32 heavy (non-hydrogen) atoms. The van der Waals surface area contributed by atoms with Crippen LogP contribution in [-0.4, -0.2) is 35.9 Å². The van der Waals surface area contributed by atoms with Crippen molar-refractivity contribution in [2.75, 3.05) is 0 Å². The molecule has 0 fully saturated rings. The lowest BCUT2D eigenvalue weighted by Crippen LogP contribution is -2.23. The first-order chi connectivity index (χ1) is 15.3. The summed E-state index contributed by atoms with van der Waals surface area (Å²) in [6, 6.07) is 10.9. The number of rotatable bonds is 6. The van der Waals surface area contributed by atoms with Crippen molar-refractivity contribution >= 4 is 17.9 Å². The summed E-state index contributed by atoms with van der Waals surface area (Å²) in [6.07, 6.45) is 0.801. The van der Waals surface area contributed by atoms with Crippen LogP contribution in [0.2, 0.25) is 5.02 Å². The third kappa shape index (κ3) is 3.71. The summed E-state index contributed by atoms with van der Waals surface area (Å²) >= 11 is 6.49. The minimum atomic E-state index is -0.348. The summed E-state index contributed by atoms with van der Waals surface area (Å²) in [5, 5.41) is 12.5. The van der Waals surface area contributed by atoms with Crippen molar-refractivity contribution < 1.29 is 9.53 Å². The molecule has 0 bridgehead atoms. The molecule has 4 rings (SSSR count). The van der Waals surface area contributed by atoms with Gasteiger partial charge in [-0.2, -0.15) is 14.5 Å². The Kier molecular flexibility index (Phi) is 5.67. The number of carbonyl (C=O) groups excluding carboxylic acids is 1. The molecule has 2 aromatic heterocycles. The van der Waals surface area contributed by atoms with Gasteiger partial charge in [0.1, 0.15) is 12.4 Å². The van der Waals surface area contributed by atoms with Gasteiger partial charge < -0.3 is 4.74 Å². The van der Waals surface area contributed by atoms with Gasteiger partial charge in [0.25, 0.3) is 0 Å². The molecule has 164 valence electrons. The van der Waals surface area contributed by atoms with Crippen LogP contribution < -0.4 is 10.4 Å². The normalized spacial score (nSPS) is 11.0. The Morgan fingerprint density at radius 1 is 1.09 bits per heavy atom. The highest BCUT2D eigenvalue weighted by atomic mass is 35.5. The Bertz CT molecular complexity index is 1390. The zero-order valence-electron chi connectivity index (χ0n) is 18.0. The predicted octanol–water partition coefficient (Wildman–Crippen LogP) is 3.12. The zero-order valence-corrected chi connectivity index (χ0v) is 18.8. The molecular weight excluding hydrogens is 432 g/mol. The third-order valence-electron chi connectivity index (χ3n) is 5.33. The van der Waals surface area contributed by atoms with Gasteiger partial charge in [0.2, 0.25) is 0 Å². The molecule has 2 heterocycles. The van der Waals surface area contributed by atoms with Crippen molar-refractivity contribution in [2.24, 2.45) is 7.05 Å². The van der Waals surface area contributed by atoms with Crippen LogP contribution in [0.25, 0.3) is 11.4 Å². The molecule has 0 radical (unpaired) electrons. The number of aromatic nitrogens is 6. The van der Waals surface area contributed by atoms with Gasteiger partial charge in [-0.25, -0.2) is 9.48 Å². The molecule has 0 spiro atoms. The molecule has 0 N–H and O–H groups in total. The van der Waals surface area contributed by atoms with Crippen LogP contribution >= 0.6 is 11.6 Å². The standard InChI is InChI=1S/C22H21ClN6O3/c1-13-6-5-7-20(29-22(31)27(4)25-26-29)18(13)12-32-21-9-8-16(10-19(21)23)28-15(3)17(11-30)14(2)24-28/h5-11H,12H2,1-4H3. The summed E-state index contributed by atoms with van der Waals surface area (Å²) in [6.45, 7) is 5.73. The van der Waals surface area contributed by atoms with E-state index in [-0.39, 0.29) is 12.3 Å². The van der Waals surface area contributed by atoms with E-state index in [9.17, 15) is 9.59 Å². The summed E-state index contributed by atoms with van der Waals surface area (Å²) in [5.41, 5.74) is 4.66. The largest absolute Gasteiger partial charge is 0.487 e. The summed E-state index contributed by atoms with van der Waals surface area (Å²) < 4.78 is 10.1. The zero-order chi connectivity index (χ0) is 23.0. The summed E-state index contributed by atoms with van der Waals surface area (Å²) in [7, 11) is 1.54. The number of hydrogen-bond acceptors (Lipinski definition) is 6. The van der Waals surface area contributed by atoms with Gasteiger partial charge in [-0.3, -0.25) is 4.79 Å². The molecule has 0 amide bonds. The maximum atomic E-state index is 12.3. The fourth-order valence-corrected chi connectivity index (χ4v) is 3.73. The van der Waals surface area contributed by atoms with Crippen molar-refractivity contribution in [2.45, 2.75) is 27.4 Å². The number of benzene rings is 2. The Hall–Kier alpha value is -3.72. The van der Waals surface area contributed by atoms with Gasteiger partial charge in [0, 0.05) is 12.6 Å². The van der Waals surface area contributed by atoms with Crippen molar-refractivity contribution in [1.82, 2.24) is 29.6 Å². The highest BCUT2D eigenvalue weighted by molar-refractivity contribution is 6.32. The number of hydrogen-bond donors (Lipinski definition) is 0. The molecular formula is C22H21ClN6O3. The van der Waals surface area contributed by atoms with E-state index < -0.39 is 0 Å². The lowest BCUT2D eigenvalue weighted by atomic mass is 10.1. The van der Waals surface area contributed by atoms with Crippen molar-refractivity contribution in [3.8, 4) is 17.1 Å². The van der Waals surface area contributed by atoms with E-state index in [0.29, 0.717) is 27.7 Å². The molecule has 0 saturated carbocycles. The molecule has 0 unspecified atom stereocenters. The van der Waals surface area contributed by atoms with E-state index in [2.05, 4.69) is 15.5 Å². The topological polar surface area (TPSA) is 96.8 Å². The number of ether oxygens (including phenoxy) is 1. The number of halogens is 1. The molecule has 0 atom stereocenters. The number of aryl methyl sites for hydroxylation is 3. The first-order valence-electron chi connectivity index (χ1n) is 9.83. The van der Waals surface area contributed by atoms with Crippen LogP contribution in [0.15, 0.2) is 41.2 Å². The summed E-state index contributed by atoms with van der Waals surface area (Å²) in [5.74, 6) is 0.480. The Labute approximate surface area is 188 Å². The first-order valence-corrected chi connectivity index (χ1v) is 10.2. The van der Waals surface area contributed by atoms with E-state index in [1.165, 1.54) is 4.68 Å². The van der Waals surface area contributed by atoms with Crippen molar-refractivity contribution in [1.29, 1.82) is 0 Å². The number of tetrazole rings is 1. The molecule has 0 aliphatic heterocycles. The van der Waals surface area contributed by atoms with Crippen LogP contribution in [0.1, 0.15) is 32.9 Å². The Balaban J connectivity index is 1.63. The number of aldehydes is 1. The molecule has 2 aromatic carbocycles. The molecule has 0 aliphatic rings. The van der Waals surface area contributed by atoms with Crippen LogP contribution in [0.4, 0.5) is 0 Å². The monoisotopic (exact) mass is 452 g/mol. The first kappa shape index (κ1) is 21.5. The molecule has 9 nitrogen and oxygen atoms in total. The molecule has 10 heteroatoms. The van der Waals surface area contributed by atoms with Gasteiger partial charge in [-0.15, -0.1) is 0 Å². The fourth-order valence-electron chi connectivity index (χ4n) is 3.50. The van der Waals surface area contributed by atoms with Gasteiger partial charge in [-0.05, 0) is 61.0 Å². The lowest BCUT2D eigenvalue weighted by Gasteiger charge is -2.14. The third-order valence-corrected chi connectivity index (χ3v) is 5.63. The summed E-state index contributed by atoms with van der Waals surface area (Å²) in [4.78, 5) is 23.6.